The van der Waals surface area contributed by atoms with Gasteiger partial charge < -0.3 is 29.9 Å². The summed E-state index contributed by atoms with van der Waals surface area (Å²) in [6.45, 7) is 8.55. The molecule has 13 heteroatoms. The van der Waals surface area contributed by atoms with Gasteiger partial charge in [0, 0.05) is 61.8 Å². The van der Waals surface area contributed by atoms with Crippen molar-refractivity contribution in [3.05, 3.63) is 118 Å². The van der Waals surface area contributed by atoms with Gasteiger partial charge in [-0.25, -0.2) is 4.79 Å². The van der Waals surface area contributed by atoms with Gasteiger partial charge in [-0.3, -0.25) is 14.9 Å². The maximum atomic E-state index is 13.9. The van der Waals surface area contributed by atoms with Crippen molar-refractivity contribution in [3.8, 4) is 28.7 Å². The lowest BCUT2D eigenvalue weighted by atomic mass is 9.97. The van der Waals surface area contributed by atoms with E-state index in [0.717, 1.165) is 58.4 Å². The SMILES string of the molecule is Cc1c(COc2cc(OCc3cccc(C#N)c3)c(CNC(C)(C)C(=O)N3CCN(C(=O)CCCC[C@@H]4SC[C@@H]5NC(=O)N[C@@H]54)CC3)cc2Cl)cccc1-c1ccccc1. The molecule has 4 amide bonds. The molecule has 11 nitrogen and oxygen atoms in total. The number of carbonyl (C=O) groups excluding carboxylic acids is 3. The maximum Gasteiger partial charge on any atom is 0.315 e. The number of benzene rings is 4. The summed E-state index contributed by atoms with van der Waals surface area (Å²) in [6.07, 6.45) is 3.21. The Hall–Kier alpha value is -5.22. The molecule has 3 heterocycles. The number of urea groups is 1. The van der Waals surface area contributed by atoms with E-state index in [4.69, 9.17) is 21.1 Å². The van der Waals surface area contributed by atoms with Crippen molar-refractivity contribution in [3.63, 3.8) is 0 Å². The van der Waals surface area contributed by atoms with E-state index in [-0.39, 0.29) is 43.1 Å². The van der Waals surface area contributed by atoms with Crippen molar-refractivity contribution in [2.24, 2.45) is 0 Å². The van der Waals surface area contributed by atoms with Crippen LogP contribution in [-0.4, -0.2) is 82.4 Å². The van der Waals surface area contributed by atoms with Crippen molar-refractivity contribution in [2.75, 3.05) is 31.9 Å². The molecule has 314 valence electrons. The second-order valence-electron chi connectivity index (χ2n) is 16.3. The van der Waals surface area contributed by atoms with E-state index in [2.05, 4.69) is 53.2 Å². The van der Waals surface area contributed by atoms with Gasteiger partial charge in [-0.1, -0.05) is 78.7 Å². The monoisotopic (exact) mass is 848 g/mol. The first kappa shape index (κ1) is 42.9. The van der Waals surface area contributed by atoms with Crippen LogP contribution in [0.25, 0.3) is 11.1 Å². The molecule has 0 unspecified atom stereocenters. The van der Waals surface area contributed by atoms with Gasteiger partial charge in [0.1, 0.15) is 24.7 Å². The number of fused-ring (bicyclic) bond motifs is 1. The van der Waals surface area contributed by atoms with Crippen LogP contribution in [0.15, 0.2) is 84.9 Å². The standard InChI is InChI=1S/C47H53ClN6O5S/c1-31-35(15-10-16-37(31)34-13-5-4-6-14-34)29-59-41-25-40(58-28-33-12-9-11-32(23-33)26-49)36(24-38(41)48)27-50-47(2,3)45(56)54-21-19-53(20-22-54)43(55)18-8-7-17-42-44-39(30-60-42)51-46(57)52-44/h4-6,9-16,23-25,39,42,44,50H,7-8,17-22,27-30H2,1-3H3,(H2,51,52,57)/t39-,42-,44-/m0/s1. The highest BCUT2D eigenvalue weighted by Gasteiger charge is 2.42. The Kier molecular flexibility index (Phi) is 13.9. The van der Waals surface area contributed by atoms with Crippen molar-refractivity contribution in [1.82, 2.24) is 25.8 Å². The lowest BCUT2D eigenvalue weighted by Crippen LogP contribution is -2.59. The zero-order valence-electron chi connectivity index (χ0n) is 34.5. The molecule has 4 aromatic carbocycles. The number of carbonyl (C=O) groups is 3. The average Bonchev–Trinajstić information content (AvgIpc) is 3.82. The number of nitrogens with one attached hydrogen (secondary N) is 3. The molecule has 3 aliphatic rings. The molecule has 3 saturated heterocycles. The summed E-state index contributed by atoms with van der Waals surface area (Å²) in [7, 11) is 0. The third-order valence-electron chi connectivity index (χ3n) is 11.7. The summed E-state index contributed by atoms with van der Waals surface area (Å²) in [5.74, 6) is 2.02. The topological polar surface area (TPSA) is 136 Å². The Morgan fingerprint density at radius 3 is 2.43 bits per heavy atom. The molecule has 0 spiro atoms. The highest BCUT2D eigenvalue weighted by Crippen LogP contribution is 2.36. The van der Waals surface area contributed by atoms with E-state index in [9.17, 15) is 19.6 Å². The first-order chi connectivity index (χ1) is 29.0. The number of nitrogens with zero attached hydrogens (tertiary/aromatic N) is 3. The van der Waals surface area contributed by atoms with Crippen LogP contribution >= 0.6 is 23.4 Å². The Labute approximate surface area is 362 Å². The zero-order valence-corrected chi connectivity index (χ0v) is 36.0. The van der Waals surface area contributed by atoms with Crippen LogP contribution in [0.1, 0.15) is 67.3 Å². The minimum Gasteiger partial charge on any atom is -0.488 e. The zero-order chi connectivity index (χ0) is 42.2. The van der Waals surface area contributed by atoms with Crippen LogP contribution in [0.4, 0.5) is 4.79 Å². The van der Waals surface area contributed by atoms with Crippen molar-refractivity contribution < 1.29 is 23.9 Å². The van der Waals surface area contributed by atoms with Crippen molar-refractivity contribution in [2.45, 2.75) is 89.1 Å². The quantitative estimate of drug-likeness (QED) is 0.0775. The number of amides is 4. The van der Waals surface area contributed by atoms with Crippen LogP contribution in [-0.2, 0) is 29.3 Å². The van der Waals surface area contributed by atoms with Crippen LogP contribution in [0.2, 0.25) is 5.02 Å². The molecule has 0 radical (unpaired) electrons. The van der Waals surface area contributed by atoms with Gasteiger partial charge in [-0.05, 0) is 79.6 Å². The molecule has 0 saturated carbocycles. The number of nitriles is 1. The van der Waals surface area contributed by atoms with Gasteiger partial charge in [0.15, 0.2) is 0 Å². The van der Waals surface area contributed by atoms with Crippen LogP contribution in [0.3, 0.4) is 0 Å². The van der Waals surface area contributed by atoms with E-state index >= 15 is 0 Å². The predicted octanol–water partition coefficient (Wildman–Crippen LogP) is 7.61. The van der Waals surface area contributed by atoms with Gasteiger partial charge in [0.2, 0.25) is 11.8 Å². The van der Waals surface area contributed by atoms with E-state index in [1.807, 2.05) is 77.9 Å². The number of ether oxygens (including phenoxy) is 2. The third-order valence-corrected chi connectivity index (χ3v) is 13.5. The van der Waals surface area contributed by atoms with Crippen LogP contribution < -0.4 is 25.4 Å². The number of unbranched alkanes of at least 4 members (excludes halogenated alkanes) is 1. The van der Waals surface area contributed by atoms with Gasteiger partial charge in [-0.15, -0.1) is 0 Å². The van der Waals surface area contributed by atoms with Gasteiger partial charge in [-0.2, -0.15) is 17.0 Å². The van der Waals surface area contributed by atoms with E-state index in [1.165, 1.54) is 0 Å². The molecule has 60 heavy (non-hydrogen) atoms. The number of hydrogen-bond donors (Lipinski definition) is 3. The lowest BCUT2D eigenvalue weighted by Gasteiger charge is -2.39. The Bertz CT molecular complexity index is 2220. The largest absolute Gasteiger partial charge is 0.488 e. The molecule has 3 fully saturated rings. The fourth-order valence-corrected chi connectivity index (χ4v) is 9.93. The number of thioether (sulfide) groups is 1. The lowest BCUT2D eigenvalue weighted by molar-refractivity contribution is -0.143. The average molecular weight is 849 g/mol. The Morgan fingerprint density at radius 1 is 0.900 bits per heavy atom. The molecule has 0 aliphatic carbocycles. The van der Waals surface area contributed by atoms with Crippen LogP contribution in [0, 0.1) is 18.3 Å². The second-order valence-corrected chi connectivity index (χ2v) is 17.9. The predicted molar refractivity (Wildman–Crippen MR) is 236 cm³/mol. The van der Waals surface area contributed by atoms with Crippen molar-refractivity contribution in [1.29, 1.82) is 5.26 Å². The molecule has 0 bridgehead atoms. The van der Waals surface area contributed by atoms with Crippen molar-refractivity contribution >= 4 is 41.2 Å². The minimum absolute atomic E-state index is 0.0506. The highest BCUT2D eigenvalue weighted by atomic mass is 35.5. The van der Waals surface area contributed by atoms with E-state index < -0.39 is 5.54 Å². The molecular formula is C47H53ClN6O5S. The summed E-state index contributed by atoms with van der Waals surface area (Å²) in [6, 6.07) is 29.8. The molecule has 4 aromatic rings. The summed E-state index contributed by atoms with van der Waals surface area (Å²) in [5, 5.41) is 19.7. The number of rotatable bonds is 16. The number of halogens is 1. The van der Waals surface area contributed by atoms with Crippen LogP contribution in [0.5, 0.6) is 11.5 Å². The fraction of sp³-hybridized carbons (Fsp3) is 0.404. The Balaban J connectivity index is 0.950. The van der Waals surface area contributed by atoms with Gasteiger partial charge in [0.25, 0.3) is 0 Å². The van der Waals surface area contributed by atoms with E-state index in [1.54, 1.807) is 18.2 Å². The molecular weight excluding hydrogens is 796 g/mol. The summed E-state index contributed by atoms with van der Waals surface area (Å²) < 4.78 is 12.7. The highest BCUT2D eigenvalue weighted by molar-refractivity contribution is 8.00. The first-order valence-corrected chi connectivity index (χ1v) is 22.1. The van der Waals surface area contributed by atoms with Gasteiger partial charge in [0.05, 0.1) is 34.3 Å². The second kappa shape index (κ2) is 19.4. The maximum absolute atomic E-state index is 13.9. The van der Waals surface area contributed by atoms with Gasteiger partial charge >= 0.3 is 6.03 Å². The molecule has 3 atom stereocenters. The number of hydrogen-bond acceptors (Lipinski definition) is 8. The number of piperazine rings is 1. The van der Waals surface area contributed by atoms with E-state index in [0.29, 0.717) is 66.5 Å². The molecule has 3 N–H and O–H groups in total. The fourth-order valence-electron chi connectivity index (χ4n) is 8.15. The molecule has 7 rings (SSSR count). The smallest absolute Gasteiger partial charge is 0.315 e. The summed E-state index contributed by atoms with van der Waals surface area (Å²) >= 11 is 8.78. The summed E-state index contributed by atoms with van der Waals surface area (Å²) in [5.41, 5.74) is 5.63. The minimum atomic E-state index is -0.931. The first-order valence-electron chi connectivity index (χ1n) is 20.7. The normalized spacial score (nSPS) is 18.6. The Morgan fingerprint density at radius 2 is 1.65 bits per heavy atom. The molecule has 3 aliphatic heterocycles. The molecule has 0 aromatic heterocycles. The summed E-state index contributed by atoms with van der Waals surface area (Å²) in [4.78, 5) is 42.4. The third kappa shape index (κ3) is 10.4.